The molecule has 0 saturated carbocycles. The molecule has 19 heavy (non-hydrogen) atoms. The van der Waals surface area contributed by atoms with Crippen LogP contribution in [-0.4, -0.2) is 18.6 Å². The van der Waals surface area contributed by atoms with E-state index in [0.717, 1.165) is 23.5 Å². The summed E-state index contributed by atoms with van der Waals surface area (Å²) < 4.78 is 11.4. The van der Waals surface area contributed by atoms with Gasteiger partial charge in [0.15, 0.2) is 0 Å². The van der Waals surface area contributed by atoms with Crippen molar-refractivity contribution in [2.24, 2.45) is 0 Å². The molecule has 1 N–H and O–H groups in total. The molecule has 0 bridgehead atoms. The largest absolute Gasteiger partial charge is 0.494 e. The Bertz CT molecular complexity index is 471. The molecule has 1 amide bonds. The van der Waals surface area contributed by atoms with E-state index in [1.165, 1.54) is 5.56 Å². The number of hydrogen-bond acceptors (Lipinski definition) is 3. The summed E-state index contributed by atoms with van der Waals surface area (Å²) >= 11 is 0. The molecule has 0 aromatic heterocycles. The Morgan fingerprint density at radius 2 is 2.26 bits per heavy atom. The second kappa shape index (κ2) is 5.95. The Balaban J connectivity index is 2.20. The van der Waals surface area contributed by atoms with Crippen molar-refractivity contribution in [1.82, 2.24) is 5.32 Å². The van der Waals surface area contributed by atoms with Gasteiger partial charge in [0.05, 0.1) is 6.61 Å². The topological polar surface area (TPSA) is 47.6 Å². The van der Waals surface area contributed by atoms with Crippen LogP contribution in [0.25, 0.3) is 0 Å². The number of ether oxygens (including phenoxy) is 2. The molecule has 4 nitrogen and oxygen atoms in total. The fourth-order valence-corrected chi connectivity index (χ4v) is 2.23. The van der Waals surface area contributed by atoms with E-state index in [4.69, 9.17) is 9.47 Å². The van der Waals surface area contributed by atoms with Gasteiger partial charge in [-0.1, -0.05) is 6.92 Å². The Labute approximate surface area is 114 Å². The van der Waals surface area contributed by atoms with Crippen molar-refractivity contribution in [2.75, 3.05) is 6.61 Å². The van der Waals surface area contributed by atoms with E-state index in [1.807, 2.05) is 26.0 Å². The van der Waals surface area contributed by atoms with Gasteiger partial charge in [-0.2, -0.15) is 0 Å². The van der Waals surface area contributed by atoms with Crippen LogP contribution in [0.3, 0.4) is 0 Å². The third-order valence-electron chi connectivity index (χ3n) is 3.18. The molecule has 1 aliphatic heterocycles. The molecule has 0 unspecified atom stereocenters. The Morgan fingerprint density at radius 3 is 2.95 bits per heavy atom. The van der Waals surface area contributed by atoms with Gasteiger partial charge < -0.3 is 14.8 Å². The number of carbonyl (C=O) groups is 1. The predicted molar refractivity (Wildman–Crippen MR) is 73.5 cm³/mol. The lowest BCUT2D eigenvalue weighted by atomic mass is 10.1. The molecule has 0 aliphatic carbocycles. The molecule has 104 valence electrons. The quantitative estimate of drug-likeness (QED) is 0.887. The second-order valence-corrected chi connectivity index (χ2v) is 4.76. The van der Waals surface area contributed by atoms with Crippen LogP contribution in [0.4, 0.5) is 0 Å². The average Bonchev–Trinajstić information content (AvgIpc) is 2.75. The molecule has 0 fully saturated rings. The van der Waals surface area contributed by atoms with Gasteiger partial charge in [-0.3, -0.25) is 4.79 Å². The van der Waals surface area contributed by atoms with Crippen LogP contribution >= 0.6 is 0 Å². The molecule has 2 rings (SSSR count). The minimum atomic E-state index is 0.0391. The summed E-state index contributed by atoms with van der Waals surface area (Å²) in [6, 6.07) is 4.02. The molecule has 1 heterocycles. The minimum absolute atomic E-state index is 0.0391. The van der Waals surface area contributed by atoms with E-state index in [0.29, 0.717) is 19.6 Å². The Hall–Kier alpha value is -1.71. The molecule has 1 atom stereocenters. The van der Waals surface area contributed by atoms with Crippen LogP contribution in [0.15, 0.2) is 12.1 Å². The van der Waals surface area contributed by atoms with Gasteiger partial charge in [0, 0.05) is 30.5 Å². The summed E-state index contributed by atoms with van der Waals surface area (Å²) in [6.07, 6.45) is 1.62. The average molecular weight is 263 g/mol. The highest BCUT2D eigenvalue weighted by Crippen LogP contribution is 2.35. The summed E-state index contributed by atoms with van der Waals surface area (Å²) in [6.45, 7) is 6.95. The van der Waals surface area contributed by atoms with Crippen molar-refractivity contribution >= 4 is 5.91 Å². The third-order valence-corrected chi connectivity index (χ3v) is 3.18. The smallest absolute Gasteiger partial charge is 0.219 e. The van der Waals surface area contributed by atoms with E-state index in [1.54, 1.807) is 0 Å². The van der Waals surface area contributed by atoms with Crippen LogP contribution in [0.2, 0.25) is 0 Å². The first-order chi connectivity index (χ1) is 9.13. The fourth-order valence-electron chi connectivity index (χ4n) is 2.23. The van der Waals surface area contributed by atoms with Gasteiger partial charge in [-0.15, -0.1) is 0 Å². The zero-order valence-electron chi connectivity index (χ0n) is 11.8. The predicted octanol–water partition coefficient (Wildman–Crippen LogP) is 2.43. The first kappa shape index (κ1) is 13.7. The number of benzene rings is 1. The zero-order valence-corrected chi connectivity index (χ0v) is 11.8. The third kappa shape index (κ3) is 3.19. The molecule has 4 heteroatoms. The monoisotopic (exact) mass is 263 g/mol. The van der Waals surface area contributed by atoms with Crippen molar-refractivity contribution in [3.8, 4) is 11.5 Å². The maximum atomic E-state index is 11.4. The molecule has 0 radical (unpaired) electrons. The molecular weight excluding hydrogens is 242 g/mol. The van der Waals surface area contributed by atoms with Crippen LogP contribution in [0.5, 0.6) is 11.5 Å². The van der Waals surface area contributed by atoms with Gasteiger partial charge in [0.25, 0.3) is 0 Å². The van der Waals surface area contributed by atoms with Crippen LogP contribution in [-0.2, 0) is 17.8 Å². The van der Waals surface area contributed by atoms with E-state index in [9.17, 15) is 4.79 Å². The first-order valence-corrected chi connectivity index (χ1v) is 6.86. The van der Waals surface area contributed by atoms with Gasteiger partial charge >= 0.3 is 0 Å². The maximum absolute atomic E-state index is 11.4. The van der Waals surface area contributed by atoms with Crippen LogP contribution in [0.1, 0.15) is 38.3 Å². The Morgan fingerprint density at radius 1 is 1.47 bits per heavy atom. The lowest BCUT2D eigenvalue weighted by molar-refractivity contribution is -0.120. The standard InChI is InChI=1S/C15H21NO3/c1-4-15(17)16-9-12-8-14-11(6-10(3)19-14)7-13(12)18-5-2/h7-8,10H,4-6,9H2,1-3H3,(H,16,17)/t10-/m1/s1. The number of nitrogens with one attached hydrogen (secondary N) is 1. The number of amides is 1. The van der Waals surface area contributed by atoms with E-state index >= 15 is 0 Å². The summed E-state index contributed by atoms with van der Waals surface area (Å²) in [5.41, 5.74) is 2.15. The SMILES string of the molecule is CCOc1cc2c(cc1CNC(=O)CC)O[C@H](C)C2. The van der Waals surface area contributed by atoms with E-state index < -0.39 is 0 Å². The molecular formula is C15H21NO3. The number of hydrogen-bond donors (Lipinski definition) is 1. The highest BCUT2D eigenvalue weighted by atomic mass is 16.5. The normalized spacial score (nSPS) is 16.7. The van der Waals surface area contributed by atoms with Crippen molar-refractivity contribution in [1.29, 1.82) is 0 Å². The maximum Gasteiger partial charge on any atom is 0.219 e. The molecule has 1 aliphatic rings. The summed E-state index contributed by atoms with van der Waals surface area (Å²) in [7, 11) is 0. The van der Waals surface area contributed by atoms with Gasteiger partial charge in [-0.25, -0.2) is 0 Å². The Kier molecular flexibility index (Phi) is 4.30. The zero-order chi connectivity index (χ0) is 13.8. The minimum Gasteiger partial charge on any atom is -0.494 e. The van der Waals surface area contributed by atoms with E-state index in [-0.39, 0.29) is 12.0 Å². The highest BCUT2D eigenvalue weighted by molar-refractivity contribution is 5.75. The second-order valence-electron chi connectivity index (χ2n) is 4.76. The number of rotatable bonds is 5. The van der Waals surface area contributed by atoms with Crippen molar-refractivity contribution < 1.29 is 14.3 Å². The number of carbonyl (C=O) groups excluding carboxylic acids is 1. The van der Waals surface area contributed by atoms with E-state index in [2.05, 4.69) is 12.2 Å². The first-order valence-electron chi connectivity index (χ1n) is 6.86. The highest BCUT2D eigenvalue weighted by Gasteiger charge is 2.21. The van der Waals surface area contributed by atoms with Gasteiger partial charge in [-0.05, 0) is 26.0 Å². The summed E-state index contributed by atoms with van der Waals surface area (Å²) in [5.74, 6) is 1.80. The molecule has 0 spiro atoms. The lowest BCUT2D eigenvalue weighted by Gasteiger charge is -2.13. The van der Waals surface area contributed by atoms with Crippen LogP contribution in [0, 0.1) is 0 Å². The van der Waals surface area contributed by atoms with Crippen molar-refractivity contribution in [3.63, 3.8) is 0 Å². The molecule has 0 saturated heterocycles. The van der Waals surface area contributed by atoms with Crippen molar-refractivity contribution in [3.05, 3.63) is 23.3 Å². The van der Waals surface area contributed by atoms with Crippen LogP contribution < -0.4 is 14.8 Å². The molecule has 1 aromatic rings. The lowest BCUT2D eigenvalue weighted by Crippen LogP contribution is -2.21. The van der Waals surface area contributed by atoms with Crippen molar-refractivity contribution in [2.45, 2.75) is 46.3 Å². The van der Waals surface area contributed by atoms with Gasteiger partial charge in [0.1, 0.15) is 17.6 Å². The summed E-state index contributed by atoms with van der Waals surface area (Å²) in [4.78, 5) is 11.4. The fraction of sp³-hybridized carbons (Fsp3) is 0.533. The summed E-state index contributed by atoms with van der Waals surface area (Å²) in [5, 5.41) is 2.88. The number of fused-ring (bicyclic) bond motifs is 1. The van der Waals surface area contributed by atoms with Gasteiger partial charge in [0.2, 0.25) is 5.91 Å². The molecule has 1 aromatic carbocycles.